The third-order valence-electron chi connectivity index (χ3n) is 2.29. The van der Waals surface area contributed by atoms with Crippen LogP contribution >= 0.6 is 0 Å². The molecule has 1 N–H and O–H groups in total. The van der Waals surface area contributed by atoms with E-state index in [0.717, 1.165) is 17.1 Å². The SMILES string of the molecule is CCOc1ccccc1NCc1ccncn1. The summed E-state index contributed by atoms with van der Waals surface area (Å²) in [6, 6.07) is 9.76. The van der Waals surface area contributed by atoms with Gasteiger partial charge in [-0.2, -0.15) is 0 Å². The van der Waals surface area contributed by atoms with Crippen molar-refractivity contribution < 1.29 is 4.74 Å². The van der Waals surface area contributed by atoms with Gasteiger partial charge in [0.05, 0.1) is 24.5 Å². The summed E-state index contributed by atoms with van der Waals surface area (Å²) in [5.74, 6) is 0.865. The van der Waals surface area contributed by atoms with Crippen molar-refractivity contribution in [3.05, 3.63) is 48.5 Å². The molecule has 0 aliphatic heterocycles. The second-order valence-corrected chi connectivity index (χ2v) is 3.48. The molecule has 1 heterocycles. The molecular formula is C13H15N3O. The van der Waals surface area contributed by atoms with Crippen LogP contribution in [0.2, 0.25) is 0 Å². The van der Waals surface area contributed by atoms with Gasteiger partial charge in [-0.05, 0) is 25.1 Å². The lowest BCUT2D eigenvalue weighted by Crippen LogP contribution is -2.04. The van der Waals surface area contributed by atoms with Gasteiger partial charge in [0.25, 0.3) is 0 Å². The quantitative estimate of drug-likeness (QED) is 0.855. The summed E-state index contributed by atoms with van der Waals surface area (Å²) in [6.45, 7) is 3.29. The van der Waals surface area contributed by atoms with Crippen LogP contribution in [-0.2, 0) is 6.54 Å². The minimum atomic E-state index is 0.659. The molecule has 0 fully saturated rings. The highest BCUT2D eigenvalue weighted by Gasteiger charge is 2.01. The monoisotopic (exact) mass is 229 g/mol. The summed E-state index contributed by atoms with van der Waals surface area (Å²) in [4.78, 5) is 8.04. The van der Waals surface area contributed by atoms with Gasteiger partial charge in [-0.25, -0.2) is 9.97 Å². The second kappa shape index (κ2) is 5.84. The Kier molecular flexibility index (Phi) is 3.91. The largest absolute Gasteiger partial charge is 0.492 e. The van der Waals surface area contributed by atoms with Crippen LogP contribution in [0.4, 0.5) is 5.69 Å². The molecule has 0 aliphatic rings. The summed E-state index contributed by atoms with van der Waals surface area (Å²) in [5, 5.41) is 3.30. The highest BCUT2D eigenvalue weighted by Crippen LogP contribution is 2.23. The lowest BCUT2D eigenvalue weighted by molar-refractivity contribution is 0.341. The molecule has 2 rings (SSSR count). The van der Waals surface area contributed by atoms with Gasteiger partial charge in [0.15, 0.2) is 0 Å². The van der Waals surface area contributed by atoms with Crippen LogP contribution in [0.15, 0.2) is 42.9 Å². The Balaban J connectivity index is 2.03. The zero-order valence-corrected chi connectivity index (χ0v) is 9.76. The van der Waals surface area contributed by atoms with Gasteiger partial charge in [0.2, 0.25) is 0 Å². The number of nitrogens with zero attached hydrogens (tertiary/aromatic N) is 2. The molecule has 0 amide bonds. The molecule has 0 unspecified atom stereocenters. The molecule has 0 radical (unpaired) electrons. The van der Waals surface area contributed by atoms with Crippen molar-refractivity contribution in [2.45, 2.75) is 13.5 Å². The van der Waals surface area contributed by atoms with E-state index >= 15 is 0 Å². The first-order valence-electron chi connectivity index (χ1n) is 5.60. The minimum Gasteiger partial charge on any atom is -0.492 e. The molecule has 2 aromatic rings. The van der Waals surface area contributed by atoms with E-state index in [2.05, 4.69) is 15.3 Å². The minimum absolute atomic E-state index is 0.659. The molecular weight excluding hydrogens is 214 g/mol. The number of rotatable bonds is 5. The molecule has 0 atom stereocenters. The molecule has 17 heavy (non-hydrogen) atoms. The highest BCUT2D eigenvalue weighted by atomic mass is 16.5. The number of aromatic nitrogens is 2. The van der Waals surface area contributed by atoms with Gasteiger partial charge in [-0.3, -0.25) is 0 Å². The maximum Gasteiger partial charge on any atom is 0.142 e. The summed E-state index contributed by atoms with van der Waals surface area (Å²) < 4.78 is 5.53. The molecule has 0 saturated carbocycles. The zero-order valence-electron chi connectivity index (χ0n) is 9.76. The van der Waals surface area contributed by atoms with E-state index in [1.165, 1.54) is 0 Å². The van der Waals surface area contributed by atoms with E-state index in [1.807, 2.05) is 37.3 Å². The fourth-order valence-electron chi connectivity index (χ4n) is 1.50. The van der Waals surface area contributed by atoms with Crippen molar-refractivity contribution in [3.63, 3.8) is 0 Å². The molecule has 88 valence electrons. The Morgan fingerprint density at radius 1 is 1.24 bits per heavy atom. The van der Waals surface area contributed by atoms with E-state index in [1.54, 1.807) is 12.5 Å². The van der Waals surface area contributed by atoms with Gasteiger partial charge < -0.3 is 10.1 Å². The van der Waals surface area contributed by atoms with Crippen LogP contribution < -0.4 is 10.1 Å². The Bertz CT molecular complexity index is 459. The smallest absolute Gasteiger partial charge is 0.142 e. The van der Waals surface area contributed by atoms with Gasteiger partial charge in [-0.15, -0.1) is 0 Å². The van der Waals surface area contributed by atoms with E-state index in [9.17, 15) is 0 Å². The number of para-hydroxylation sites is 2. The van der Waals surface area contributed by atoms with Crippen molar-refractivity contribution >= 4 is 5.69 Å². The summed E-state index contributed by atoms with van der Waals surface area (Å²) in [5.41, 5.74) is 1.93. The van der Waals surface area contributed by atoms with Crippen molar-refractivity contribution in [2.24, 2.45) is 0 Å². The first kappa shape index (κ1) is 11.4. The summed E-state index contributed by atoms with van der Waals surface area (Å²) in [6.07, 6.45) is 3.28. The number of anilines is 1. The number of ether oxygens (including phenoxy) is 1. The zero-order chi connectivity index (χ0) is 11.9. The van der Waals surface area contributed by atoms with Gasteiger partial charge in [0.1, 0.15) is 12.1 Å². The Hall–Kier alpha value is -2.10. The summed E-state index contributed by atoms with van der Waals surface area (Å²) in [7, 11) is 0. The number of benzene rings is 1. The second-order valence-electron chi connectivity index (χ2n) is 3.48. The third-order valence-corrected chi connectivity index (χ3v) is 2.29. The summed E-state index contributed by atoms with van der Waals surface area (Å²) >= 11 is 0. The predicted molar refractivity (Wildman–Crippen MR) is 67.0 cm³/mol. The van der Waals surface area contributed by atoms with Crippen LogP contribution in [0, 0.1) is 0 Å². The van der Waals surface area contributed by atoms with Crippen LogP contribution in [0.5, 0.6) is 5.75 Å². The molecule has 0 saturated heterocycles. The molecule has 0 spiro atoms. The van der Waals surface area contributed by atoms with Crippen molar-refractivity contribution in [1.82, 2.24) is 9.97 Å². The predicted octanol–water partition coefficient (Wildman–Crippen LogP) is 2.49. The fourth-order valence-corrected chi connectivity index (χ4v) is 1.50. The molecule has 1 aromatic carbocycles. The fraction of sp³-hybridized carbons (Fsp3) is 0.231. The van der Waals surface area contributed by atoms with E-state index < -0.39 is 0 Å². The van der Waals surface area contributed by atoms with Crippen LogP contribution in [0.25, 0.3) is 0 Å². The molecule has 4 nitrogen and oxygen atoms in total. The van der Waals surface area contributed by atoms with E-state index in [-0.39, 0.29) is 0 Å². The normalized spacial score (nSPS) is 9.94. The average molecular weight is 229 g/mol. The maximum atomic E-state index is 5.53. The van der Waals surface area contributed by atoms with Crippen LogP contribution in [0.3, 0.4) is 0 Å². The van der Waals surface area contributed by atoms with Gasteiger partial charge in [-0.1, -0.05) is 12.1 Å². The van der Waals surface area contributed by atoms with E-state index in [0.29, 0.717) is 13.2 Å². The maximum absolute atomic E-state index is 5.53. The number of hydrogen-bond donors (Lipinski definition) is 1. The van der Waals surface area contributed by atoms with Crippen molar-refractivity contribution in [3.8, 4) is 5.75 Å². The Labute approximate surface area is 101 Å². The molecule has 1 aromatic heterocycles. The first-order valence-corrected chi connectivity index (χ1v) is 5.60. The van der Waals surface area contributed by atoms with Gasteiger partial charge in [0, 0.05) is 6.20 Å². The molecule has 0 bridgehead atoms. The number of hydrogen-bond acceptors (Lipinski definition) is 4. The molecule has 0 aliphatic carbocycles. The Morgan fingerprint density at radius 3 is 2.88 bits per heavy atom. The van der Waals surface area contributed by atoms with Crippen LogP contribution in [-0.4, -0.2) is 16.6 Å². The Morgan fingerprint density at radius 2 is 2.12 bits per heavy atom. The highest BCUT2D eigenvalue weighted by molar-refractivity contribution is 5.56. The third kappa shape index (κ3) is 3.17. The van der Waals surface area contributed by atoms with Crippen LogP contribution in [0.1, 0.15) is 12.6 Å². The standard InChI is InChI=1S/C13H15N3O/c1-2-17-13-6-4-3-5-12(13)15-9-11-7-8-14-10-16-11/h3-8,10,15H,2,9H2,1H3. The van der Waals surface area contributed by atoms with Crippen molar-refractivity contribution in [2.75, 3.05) is 11.9 Å². The number of nitrogens with one attached hydrogen (secondary N) is 1. The van der Waals surface area contributed by atoms with Crippen molar-refractivity contribution in [1.29, 1.82) is 0 Å². The average Bonchev–Trinajstić information content (AvgIpc) is 2.39. The van der Waals surface area contributed by atoms with E-state index in [4.69, 9.17) is 4.74 Å². The lowest BCUT2D eigenvalue weighted by atomic mass is 10.3. The topological polar surface area (TPSA) is 47.0 Å². The van der Waals surface area contributed by atoms with Gasteiger partial charge >= 0.3 is 0 Å². The lowest BCUT2D eigenvalue weighted by Gasteiger charge is -2.11. The molecule has 4 heteroatoms. The first-order chi connectivity index (χ1) is 8.40.